The van der Waals surface area contributed by atoms with E-state index in [0.717, 1.165) is 34.9 Å². The number of hydrogen-bond acceptors (Lipinski definition) is 5. The van der Waals surface area contributed by atoms with Crippen molar-refractivity contribution in [1.29, 1.82) is 5.26 Å². The van der Waals surface area contributed by atoms with Crippen LogP contribution in [-0.4, -0.2) is 35.0 Å². The molecule has 2 aliphatic rings. The number of carbonyl (C=O) groups is 2. The molecule has 8 nitrogen and oxygen atoms in total. The molecular formula is C24H23N5O3. The van der Waals surface area contributed by atoms with E-state index in [2.05, 4.69) is 26.7 Å². The Hall–Kier alpha value is -3.70. The zero-order valence-electron chi connectivity index (χ0n) is 17.5. The number of fused-ring (bicyclic) bond motifs is 1. The summed E-state index contributed by atoms with van der Waals surface area (Å²) in [5, 5.41) is 16.4. The third kappa shape index (κ3) is 3.72. The van der Waals surface area contributed by atoms with Crippen molar-refractivity contribution in [3.8, 4) is 17.2 Å². The van der Waals surface area contributed by atoms with E-state index in [4.69, 9.17) is 4.74 Å². The van der Waals surface area contributed by atoms with Gasteiger partial charge in [-0.3, -0.25) is 9.59 Å². The van der Waals surface area contributed by atoms with Crippen molar-refractivity contribution in [3.05, 3.63) is 42.7 Å². The molecule has 1 aliphatic heterocycles. The molecule has 0 unspecified atom stereocenters. The number of pyridine rings is 1. The lowest BCUT2D eigenvalue weighted by Crippen LogP contribution is -2.39. The number of anilines is 2. The lowest BCUT2D eigenvalue weighted by molar-refractivity contribution is -0.126. The Balaban J connectivity index is 1.43. The van der Waals surface area contributed by atoms with Crippen LogP contribution in [0.15, 0.2) is 42.7 Å². The van der Waals surface area contributed by atoms with Crippen LogP contribution in [0, 0.1) is 22.7 Å². The average molecular weight is 429 g/mol. The summed E-state index contributed by atoms with van der Waals surface area (Å²) >= 11 is 0. The van der Waals surface area contributed by atoms with Crippen molar-refractivity contribution in [2.75, 3.05) is 23.8 Å². The Morgan fingerprint density at radius 2 is 2.00 bits per heavy atom. The van der Waals surface area contributed by atoms with E-state index in [1.54, 1.807) is 6.20 Å². The molecule has 1 saturated heterocycles. The summed E-state index contributed by atoms with van der Waals surface area (Å²) < 4.78 is 5.33. The normalized spacial score (nSPS) is 17.5. The zero-order chi connectivity index (χ0) is 22.1. The first kappa shape index (κ1) is 20.2. The first-order valence-electron chi connectivity index (χ1n) is 10.8. The molecule has 1 saturated carbocycles. The molecule has 0 radical (unpaired) electrons. The highest BCUT2D eigenvalue weighted by Crippen LogP contribution is 2.36. The molecule has 8 heteroatoms. The number of nitriles is 1. The fourth-order valence-corrected chi connectivity index (χ4v) is 4.09. The molecule has 0 bridgehead atoms. The number of benzene rings is 1. The van der Waals surface area contributed by atoms with Gasteiger partial charge in [-0.2, -0.15) is 5.26 Å². The average Bonchev–Trinajstić information content (AvgIpc) is 3.59. The van der Waals surface area contributed by atoms with Crippen LogP contribution < -0.4 is 10.6 Å². The highest BCUT2D eigenvalue weighted by molar-refractivity contribution is 6.07. The summed E-state index contributed by atoms with van der Waals surface area (Å²) in [5.41, 5.74) is 2.16. The van der Waals surface area contributed by atoms with Crippen molar-refractivity contribution in [3.63, 3.8) is 0 Å². The van der Waals surface area contributed by atoms with Gasteiger partial charge < -0.3 is 20.4 Å². The Kier molecular flexibility index (Phi) is 5.11. The maximum atomic E-state index is 13.0. The number of H-pyrrole nitrogens is 1. The number of nitrogens with one attached hydrogen (secondary N) is 3. The standard InChI is InChI=1S/C24H23N5O3/c25-14-24(7-10-32-11-8-24)23(31)28-19-3-1-2-17-18(13-27-21(17)19)16-6-9-26-20(12-16)29-22(30)15-4-5-15/h1-3,6,9,12-13,15,27H,4-5,7-8,10-11H2,(H,28,31)(H,26,29,30). The Labute approximate surface area is 185 Å². The number of rotatable bonds is 5. The molecule has 2 aromatic heterocycles. The fourth-order valence-electron chi connectivity index (χ4n) is 4.09. The minimum Gasteiger partial charge on any atom is -0.381 e. The van der Waals surface area contributed by atoms with Gasteiger partial charge in [-0.05, 0) is 49.4 Å². The van der Waals surface area contributed by atoms with E-state index >= 15 is 0 Å². The van der Waals surface area contributed by atoms with E-state index in [1.165, 1.54) is 0 Å². The lowest BCUT2D eigenvalue weighted by atomic mass is 9.81. The summed E-state index contributed by atoms with van der Waals surface area (Å²) in [5.74, 6) is 0.333. The smallest absolute Gasteiger partial charge is 0.245 e. The van der Waals surface area contributed by atoms with Gasteiger partial charge in [-0.15, -0.1) is 0 Å². The molecule has 32 heavy (non-hydrogen) atoms. The van der Waals surface area contributed by atoms with Crippen LogP contribution in [0.1, 0.15) is 25.7 Å². The first-order chi connectivity index (χ1) is 15.6. The Morgan fingerprint density at radius 1 is 1.19 bits per heavy atom. The summed E-state index contributed by atoms with van der Waals surface area (Å²) in [6, 6.07) is 11.6. The predicted molar refractivity (Wildman–Crippen MR) is 120 cm³/mol. The van der Waals surface area contributed by atoms with E-state index in [9.17, 15) is 14.9 Å². The minimum atomic E-state index is -1.07. The van der Waals surface area contributed by atoms with Gasteiger partial charge in [0, 0.05) is 42.5 Å². The Bertz CT molecular complexity index is 1230. The van der Waals surface area contributed by atoms with Crippen molar-refractivity contribution < 1.29 is 14.3 Å². The molecule has 3 N–H and O–H groups in total. The van der Waals surface area contributed by atoms with Crippen LogP contribution in [0.2, 0.25) is 0 Å². The number of aromatic nitrogens is 2. The van der Waals surface area contributed by atoms with Gasteiger partial charge in [-0.25, -0.2) is 4.98 Å². The Morgan fingerprint density at radius 3 is 2.75 bits per heavy atom. The summed E-state index contributed by atoms with van der Waals surface area (Å²) in [4.78, 5) is 32.6. The van der Waals surface area contributed by atoms with Gasteiger partial charge >= 0.3 is 0 Å². The minimum absolute atomic E-state index is 0.0121. The molecule has 0 atom stereocenters. The van der Waals surface area contributed by atoms with Crippen LogP contribution in [0.3, 0.4) is 0 Å². The third-order valence-electron chi connectivity index (χ3n) is 6.23. The fraction of sp³-hybridized carbons (Fsp3) is 0.333. The van der Waals surface area contributed by atoms with Gasteiger partial charge in [0.2, 0.25) is 11.8 Å². The number of amides is 2. The maximum Gasteiger partial charge on any atom is 0.245 e. The molecular weight excluding hydrogens is 406 g/mol. The third-order valence-corrected chi connectivity index (χ3v) is 6.23. The second kappa shape index (κ2) is 8.09. The van der Waals surface area contributed by atoms with Gasteiger partial charge in [0.15, 0.2) is 0 Å². The van der Waals surface area contributed by atoms with Crippen molar-refractivity contribution in [1.82, 2.24) is 9.97 Å². The summed E-state index contributed by atoms with van der Waals surface area (Å²) in [6.45, 7) is 0.805. The number of ether oxygens (including phenoxy) is 1. The molecule has 3 heterocycles. The largest absolute Gasteiger partial charge is 0.381 e. The van der Waals surface area contributed by atoms with E-state index < -0.39 is 5.41 Å². The van der Waals surface area contributed by atoms with Crippen LogP contribution in [0.4, 0.5) is 11.5 Å². The number of aromatic amines is 1. The van der Waals surface area contributed by atoms with E-state index in [1.807, 2.05) is 36.5 Å². The number of para-hydroxylation sites is 1. The van der Waals surface area contributed by atoms with Crippen molar-refractivity contribution in [2.45, 2.75) is 25.7 Å². The van der Waals surface area contributed by atoms with Crippen LogP contribution in [-0.2, 0) is 14.3 Å². The molecule has 1 aromatic carbocycles. The second-order valence-corrected chi connectivity index (χ2v) is 8.38. The number of hydrogen-bond donors (Lipinski definition) is 3. The highest BCUT2D eigenvalue weighted by Gasteiger charge is 2.40. The topological polar surface area (TPSA) is 120 Å². The summed E-state index contributed by atoms with van der Waals surface area (Å²) in [7, 11) is 0. The SMILES string of the molecule is N#CC1(C(=O)Nc2cccc3c(-c4ccnc(NC(=O)C5CC5)c4)c[nH]c23)CCOCC1. The molecule has 5 rings (SSSR count). The molecule has 1 aliphatic carbocycles. The van der Waals surface area contributed by atoms with Crippen molar-refractivity contribution >= 4 is 34.2 Å². The maximum absolute atomic E-state index is 13.0. The quantitative estimate of drug-likeness (QED) is 0.569. The zero-order valence-corrected chi connectivity index (χ0v) is 17.5. The molecule has 2 amide bonds. The van der Waals surface area contributed by atoms with E-state index in [-0.39, 0.29) is 17.7 Å². The second-order valence-electron chi connectivity index (χ2n) is 8.38. The highest BCUT2D eigenvalue weighted by atomic mass is 16.5. The van der Waals surface area contributed by atoms with Crippen LogP contribution in [0.25, 0.3) is 22.0 Å². The number of carbonyl (C=O) groups excluding carboxylic acids is 2. The monoisotopic (exact) mass is 429 g/mol. The molecule has 162 valence electrons. The molecule has 2 fully saturated rings. The predicted octanol–water partition coefficient (Wildman–Crippen LogP) is 3.84. The number of nitrogens with zero attached hydrogens (tertiary/aromatic N) is 2. The van der Waals surface area contributed by atoms with Gasteiger partial charge in [-0.1, -0.05) is 12.1 Å². The lowest BCUT2D eigenvalue weighted by Gasteiger charge is -2.29. The van der Waals surface area contributed by atoms with Crippen LogP contribution >= 0.6 is 0 Å². The van der Waals surface area contributed by atoms with Gasteiger partial charge in [0.05, 0.1) is 17.3 Å². The summed E-state index contributed by atoms with van der Waals surface area (Å²) in [6.07, 6.45) is 6.17. The van der Waals surface area contributed by atoms with Gasteiger partial charge in [0.1, 0.15) is 11.2 Å². The van der Waals surface area contributed by atoms with Crippen LogP contribution in [0.5, 0.6) is 0 Å². The van der Waals surface area contributed by atoms with Gasteiger partial charge in [0.25, 0.3) is 0 Å². The molecule has 0 spiro atoms. The first-order valence-corrected chi connectivity index (χ1v) is 10.8. The molecule has 3 aromatic rings. The van der Waals surface area contributed by atoms with Crippen molar-refractivity contribution in [2.24, 2.45) is 11.3 Å². The van der Waals surface area contributed by atoms with E-state index in [0.29, 0.717) is 37.6 Å².